The van der Waals surface area contributed by atoms with E-state index < -0.39 is 0 Å². The van der Waals surface area contributed by atoms with Crippen LogP contribution in [-0.4, -0.2) is 10.7 Å². The van der Waals surface area contributed by atoms with E-state index in [1.807, 2.05) is 18.3 Å². The molecule has 0 aliphatic heterocycles. The molecule has 3 rings (SSSR count). The molecule has 2 aromatic heterocycles. The second-order valence-electron chi connectivity index (χ2n) is 3.96. The van der Waals surface area contributed by atoms with E-state index in [0.717, 1.165) is 23.3 Å². The first kappa shape index (κ1) is 7.80. The van der Waals surface area contributed by atoms with Crippen molar-refractivity contribution in [3.63, 3.8) is 0 Å². The molecule has 0 unspecified atom stereocenters. The molecule has 2 heteroatoms. The largest absolute Gasteiger partial charge is 0.324 e. The summed E-state index contributed by atoms with van der Waals surface area (Å²) in [6.07, 6.45) is 7.64. The predicted octanol–water partition coefficient (Wildman–Crippen LogP) is 2.63. The van der Waals surface area contributed by atoms with Gasteiger partial charge in [0.05, 0.1) is 0 Å². The van der Waals surface area contributed by atoms with E-state index in [4.69, 9.17) is 0 Å². The monoisotopic (exact) mass is 185 g/mol. The Balaban J connectivity index is 2.17. The van der Waals surface area contributed by atoms with Gasteiger partial charge in [-0.25, -0.2) is 0 Å². The van der Waals surface area contributed by atoms with E-state index in [0.29, 0.717) is 0 Å². The Morgan fingerprint density at radius 3 is 2.93 bits per heavy atom. The number of carbonyl (C=O) groups is 1. The molecular weight excluding hydrogens is 174 g/mol. The van der Waals surface area contributed by atoms with E-state index >= 15 is 0 Å². The van der Waals surface area contributed by atoms with Crippen molar-refractivity contribution >= 4 is 11.8 Å². The Kier molecular flexibility index (Phi) is 1.51. The van der Waals surface area contributed by atoms with Crippen LogP contribution in [0.1, 0.15) is 34.7 Å². The highest BCUT2D eigenvalue weighted by Gasteiger charge is 2.24. The van der Waals surface area contributed by atoms with Gasteiger partial charge in [0, 0.05) is 23.5 Å². The van der Waals surface area contributed by atoms with Crippen LogP contribution in [0.2, 0.25) is 0 Å². The van der Waals surface area contributed by atoms with Crippen LogP contribution >= 0.6 is 0 Å². The zero-order valence-electron chi connectivity index (χ0n) is 7.81. The van der Waals surface area contributed by atoms with Gasteiger partial charge in [0.15, 0.2) is 0 Å². The van der Waals surface area contributed by atoms with E-state index in [9.17, 15) is 4.79 Å². The molecule has 1 fully saturated rings. The summed E-state index contributed by atoms with van der Waals surface area (Å²) in [5, 5.41) is 0. The SMILES string of the molecule is O=Cc1ccn2cc(C3CC3)cc2c1. The molecule has 2 heterocycles. The van der Waals surface area contributed by atoms with Crippen LogP contribution in [0.4, 0.5) is 0 Å². The van der Waals surface area contributed by atoms with Gasteiger partial charge in [-0.3, -0.25) is 4.79 Å². The Labute approximate surface area is 82.2 Å². The topological polar surface area (TPSA) is 21.5 Å². The van der Waals surface area contributed by atoms with E-state index in [-0.39, 0.29) is 0 Å². The first-order chi connectivity index (χ1) is 6.86. The van der Waals surface area contributed by atoms with Crippen molar-refractivity contribution in [1.82, 2.24) is 4.40 Å². The molecule has 0 atom stereocenters. The summed E-state index contributed by atoms with van der Waals surface area (Å²) in [6, 6.07) is 5.96. The molecular formula is C12H11NO. The van der Waals surface area contributed by atoms with Gasteiger partial charge < -0.3 is 4.40 Å². The first-order valence-electron chi connectivity index (χ1n) is 4.93. The van der Waals surface area contributed by atoms with Gasteiger partial charge in [0.1, 0.15) is 6.29 Å². The minimum Gasteiger partial charge on any atom is -0.324 e. The van der Waals surface area contributed by atoms with Gasteiger partial charge >= 0.3 is 0 Å². The van der Waals surface area contributed by atoms with Gasteiger partial charge in [0.2, 0.25) is 0 Å². The van der Waals surface area contributed by atoms with Gasteiger partial charge in [-0.15, -0.1) is 0 Å². The summed E-state index contributed by atoms with van der Waals surface area (Å²) >= 11 is 0. The van der Waals surface area contributed by atoms with Gasteiger partial charge in [-0.05, 0) is 42.5 Å². The third-order valence-corrected chi connectivity index (χ3v) is 2.83. The van der Waals surface area contributed by atoms with Crippen LogP contribution in [-0.2, 0) is 0 Å². The molecule has 70 valence electrons. The molecule has 0 spiro atoms. The van der Waals surface area contributed by atoms with E-state index in [2.05, 4.69) is 16.7 Å². The molecule has 1 saturated carbocycles. The number of nitrogens with zero attached hydrogens (tertiary/aromatic N) is 1. The van der Waals surface area contributed by atoms with Gasteiger partial charge in [0.25, 0.3) is 0 Å². The standard InChI is InChI=1S/C12H11NO/c14-8-9-3-4-13-7-11(10-1-2-10)6-12(13)5-9/h3-8,10H,1-2H2. The Morgan fingerprint density at radius 1 is 1.36 bits per heavy atom. The molecule has 0 radical (unpaired) electrons. The molecule has 1 aliphatic rings. The van der Waals surface area contributed by atoms with Crippen LogP contribution in [0.3, 0.4) is 0 Å². The second-order valence-corrected chi connectivity index (χ2v) is 3.96. The van der Waals surface area contributed by atoms with Gasteiger partial charge in [-0.2, -0.15) is 0 Å². The Morgan fingerprint density at radius 2 is 2.21 bits per heavy atom. The highest BCUT2D eigenvalue weighted by Crippen LogP contribution is 2.40. The fourth-order valence-electron chi connectivity index (χ4n) is 1.86. The maximum absolute atomic E-state index is 10.6. The number of aromatic nitrogens is 1. The highest BCUT2D eigenvalue weighted by molar-refractivity contribution is 5.77. The van der Waals surface area contributed by atoms with Crippen molar-refractivity contribution in [3.05, 3.63) is 41.7 Å². The third kappa shape index (κ3) is 1.15. The average Bonchev–Trinajstić information content (AvgIpc) is 2.97. The lowest BCUT2D eigenvalue weighted by atomic mass is 10.2. The summed E-state index contributed by atoms with van der Waals surface area (Å²) in [6.45, 7) is 0. The molecule has 14 heavy (non-hydrogen) atoms. The van der Waals surface area contributed by atoms with Crippen LogP contribution < -0.4 is 0 Å². The van der Waals surface area contributed by atoms with Crippen molar-refractivity contribution in [2.24, 2.45) is 0 Å². The van der Waals surface area contributed by atoms with Crippen LogP contribution in [0, 0.1) is 0 Å². The maximum Gasteiger partial charge on any atom is 0.150 e. The number of aldehydes is 1. The molecule has 0 N–H and O–H groups in total. The fourth-order valence-corrected chi connectivity index (χ4v) is 1.86. The van der Waals surface area contributed by atoms with Crippen molar-refractivity contribution in [1.29, 1.82) is 0 Å². The number of hydrogen-bond acceptors (Lipinski definition) is 1. The first-order valence-corrected chi connectivity index (χ1v) is 4.93. The molecule has 2 aromatic rings. The Bertz CT molecular complexity index is 494. The molecule has 0 amide bonds. The van der Waals surface area contributed by atoms with Crippen molar-refractivity contribution in [2.45, 2.75) is 18.8 Å². The quantitative estimate of drug-likeness (QED) is 0.659. The summed E-state index contributed by atoms with van der Waals surface area (Å²) < 4.78 is 2.08. The van der Waals surface area contributed by atoms with E-state index in [1.54, 1.807) is 0 Å². The predicted molar refractivity (Wildman–Crippen MR) is 54.8 cm³/mol. The summed E-state index contributed by atoms with van der Waals surface area (Å²) in [4.78, 5) is 10.6. The van der Waals surface area contributed by atoms with Crippen molar-refractivity contribution in [2.75, 3.05) is 0 Å². The minimum atomic E-state index is 0.748. The maximum atomic E-state index is 10.6. The van der Waals surface area contributed by atoms with E-state index in [1.165, 1.54) is 18.4 Å². The number of carbonyl (C=O) groups excluding carboxylic acids is 1. The minimum absolute atomic E-state index is 0.748. The van der Waals surface area contributed by atoms with Crippen molar-refractivity contribution in [3.8, 4) is 0 Å². The molecule has 0 saturated heterocycles. The lowest BCUT2D eigenvalue weighted by Crippen LogP contribution is -1.84. The van der Waals surface area contributed by atoms with Crippen LogP contribution in [0.15, 0.2) is 30.6 Å². The third-order valence-electron chi connectivity index (χ3n) is 2.83. The normalized spacial score (nSPS) is 16.0. The number of pyridine rings is 1. The number of fused-ring (bicyclic) bond motifs is 1. The second kappa shape index (κ2) is 2.71. The zero-order valence-corrected chi connectivity index (χ0v) is 7.81. The smallest absolute Gasteiger partial charge is 0.150 e. The summed E-state index contributed by atoms with van der Waals surface area (Å²) in [7, 11) is 0. The summed E-state index contributed by atoms with van der Waals surface area (Å²) in [5.74, 6) is 0.773. The molecule has 0 bridgehead atoms. The highest BCUT2D eigenvalue weighted by atomic mass is 16.1. The lowest BCUT2D eigenvalue weighted by Gasteiger charge is -1.93. The molecule has 0 aromatic carbocycles. The van der Waals surface area contributed by atoms with Crippen LogP contribution in [0.5, 0.6) is 0 Å². The number of rotatable bonds is 2. The molecule has 2 nitrogen and oxygen atoms in total. The fraction of sp³-hybridized carbons (Fsp3) is 0.250. The zero-order chi connectivity index (χ0) is 9.54. The molecule has 1 aliphatic carbocycles. The van der Waals surface area contributed by atoms with Crippen LogP contribution in [0.25, 0.3) is 5.52 Å². The number of hydrogen-bond donors (Lipinski definition) is 0. The van der Waals surface area contributed by atoms with Crippen molar-refractivity contribution < 1.29 is 4.79 Å². The average molecular weight is 185 g/mol. The van der Waals surface area contributed by atoms with Gasteiger partial charge in [-0.1, -0.05) is 0 Å². The summed E-state index contributed by atoms with van der Waals surface area (Å²) in [5.41, 5.74) is 3.28. The lowest BCUT2D eigenvalue weighted by molar-refractivity contribution is 0.112. The Hall–Kier alpha value is -1.57.